The van der Waals surface area contributed by atoms with Crippen LogP contribution in [0.2, 0.25) is 0 Å². The standard InChI is InChI=1S/C12H15N3O5S/c13-11-5-8(15(16)17)1-4-12(11)21(18,19)14-6-9-2-3-10(7-14)20-9/h1,4-5,9-10H,2-3,6-7,13H2. The SMILES string of the molecule is Nc1cc([N+](=O)[O-])ccc1S(=O)(=O)N1CC2CCC(C1)O2. The molecular formula is C12H15N3O5S. The number of ether oxygens (including phenoxy) is 1. The van der Waals surface area contributed by atoms with E-state index >= 15 is 0 Å². The molecule has 2 atom stereocenters. The molecule has 0 radical (unpaired) electrons. The summed E-state index contributed by atoms with van der Waals surface area (Å²) in [5.41, 5.74) is 5.36. The van der Waals surface area contributed by atoms with E-state index < -0.39 is 14.9 Å². The van der Waals surface area contributed by atoms with Crippen molar-refractivity contribution in [3.8, 4) is 0 Å². The molecule has 0 saturated carbocycles. The third-order valence-corrected chi connectivity index (χ3v) is 5.74. The highest BCUT2D eigenvalue weighted by atomic mass is 32.2. The quantitative estimate of drug-likeness (QED) is 0.499. The van der Waals surface area contributed by atoms with Crippen LogP contribution in [0.5, 0.6) is 0 Å². The van der Waals surface area contributed by atoms with Gasteiger partial charge in [0.25, 0.3) is 5.69 Å². The summed E-state index contributed by atoms with van der Waals surface area (Å²) in [7, 11) is -3.76. The Labute approximate surface area is 121 Å². The predicted molar refractivity (Wildman–Crippen MR) is 74.2 cm³/mol. The first-order chi connectivity index (χ1) is 9.88. The van der Waals surface area contributed by atoms with Crippen molar-refractivity contribution >= 4 is 21.4 Å². The first-order valence-electron chi connectivity index (χ1n) is 6.57. The molecule has 3 rings (SSSR count). The number of nitrogens with zero attached hydrogens (tertiary/aromatic N) is 2. The van der Waals surface area contributed by atoms with E-state index in [1.807, 2.05) is 0 Å². The molecule has 1 aromatic rings. The maximum Gasteiger partial charge on any atom is 0.271 e. The number of rotatable bonds is 3. The number of hydrogen-bond acceptors (Lipinski definition) is 6. The Bertz CT molecular complexity index is 678. The van der Waals surface area contributed by atoms with Gasteiger partial charge in [0.1, 0.15) is 4.90 Å². The lowest BCUT2D eigenvalue weighted by Gasteiger charge is -2.31. The van der Waals surface area contributed by atoms with Crippen molar-refractivity contribution in [2.24, 2.45) is 0 Å². The molecule has 0 aliphatic carbocycles. The minimum absolute atomic E-state index is 0.0715. The van der Waals surface area contributed by atoms with Crippen LogP contribution >= 0.6 is 0 Å². The molecule has 0 spiro atoms. The Morgan fingerprint density at radius 1 is 1.29 bits per heavy atom. The average Bonchev–Trinajstić information content (AvgIpc) is 2.76. The number of benzene rings is 1. The van der Waals surface area contributed by atoms with Gasteiger partial charge in [-0.05, 0) is 18.9 Å². The second-order valence-corrected chi connectivity index (χ2v) is 7.17. The van der Waals surface area contributed by atoms with Crippen molar-refractivity contribution in [1.82, 2.24) is 4.31 Å². The summed E-state index contributed by atoms with van der Waals surface area (Å²) < 4.78 is 32.2. The summed E-state index contributed by atoms with van der Waals surface area (Å²) >= 11 is 0. The number of nitrogens with two attached hydrogens (primary N) is 1. The number of hydrogen-bond donors (Lipinski definition) is 1. The fraction of sp³-hybridized carbons (Fsp3) is 0.500. The molecule has 2 unspecified atom stereocenters. The van der Waals surface area contributed by atoms with Gasteiger partial charge in [-0.1, -0.05) is 0 Å². The van der Waals surface area contributed by atoms with E-state index in [2.05, 4.69) is 0 Å². The monoisotopic (exact) mass is 313 g/mol. The first-order valence-corrected chi connectivity index (χ1v) is 8.01. The van der Waals surface area contributed by atoms with Crippen molar-refractivity contribution < 1.29 is 18.1 Å². The minimum Gasteiger partial charge on any atom is -0.397 e. The maximum absolute atomic E-state index is 12.6. The predicted octanol–water partition coefficient (Wildman–Crippen LogP) is 0.729. The van der Waals surface area contributed by atoms with Gasteiger partial charge in [-0.25, -0.2) is 8.42 Å². The van der Waals surface area contributed by atoms with Crippen molar-refractivity contribution in [1.29, 1.82) is 0 Å². The Kier molecular flexibility index (Phi) is 3.34. The minimum atomic E-state index is -3.76. The summed E-state index contributed by atoms with van der Waals surface area (Å²) in [4.78, 5) is 9.99. The van der Waals surface area contributed by atoms with Gasteiger partial charge in [-0.15, -0.1) is 0 Å². The molecule has 2 saturated heterocycles. The topological polar surface area (TPSA) is 116 Å². The number of sulfonamides is 1. The number of anilines is 1. The van der Waals surface area contributed by atoms with E-state index in [1.54, 1.807) is 0 Å². The van der Waals surface area contributed by atoms with Crippen LogP contribution in [0.3, 0.4) is 0 Å². The fourth-order valence-corrected chi connectivity index (χ4v) is 4.40. The average molecular weight is 313 g/mol. The van der Waals surface area contributed by atoms with Crippen LogP contribution in [0.15, 0.2) is 23.1 Å². The number of nitro benzene ring substituents is 1. The highest BCUT2D eigenvalue weighted by molar-refractivity contribution is 7.89. The molecule has 114 valence electrons. The van der Waals surface area contributed by atoms with E-state index in [1.165, 1.54) is 10.4 Å². The second kappa shape index (κ2) is 4.93. The zero-order chi connectivity index (χ0) is 15.2. The first kappa shape index (κ1) is 14.2. The number of fused-ring (bicyclic) bond motifs is 2. The Morgan fingerprint density at radius 3 is 2.43 bits per heavy atom. The van der Waals surface area contributed by atoms with Crippen LogP contribution in [0, 0.1) is 10.1 Å². The largest absolute Gasteiger partial charge is 0.397 e. The van der Waals surface area contributed by atoms with Crippen molar-refractivity contribution in [3.05, 3.63) is 28.3 Å². The van der Waals surface area contributed by atoms with E-state index in [0.717, 1.165) is 25.0 Å². The molecule has 2 fully saturated rings. The number of nitrogen functional groups attached to an aromatic ring is 1. The number of nitro groups is 1. The second-order valence-electron chi connectivity index (χ2n) is 5.26. The third-order valence-electron chi connectivity index (χ3n) is 3.83. The molecule has 2 bridgehead atoms. The van der Waals surface area contributed by atoms with Gasteiger partial charge in [0.15, 0.2) is 0 Å². The summed E-state index contributed by atoms with van der Waals surface area (Å²) in [5, 5.41) is 10.7. The van der Waals surface area contributed by atoms with Crippen LogP contribution < -0.4 is 5.73 Å². The lowest BCUT2D eigenvalue weighted by molar-refractivity contribution is -0.384. The van der Waals surface area contributed by atoms with Crippen LogP contribution in [0.1, 0.15) is 12.8 Å². The van der Waals surface area contributed by atoms with Gasteiger partial charge in [0.2, 0.25) is 10.0 Å². The van der Waals surface area contributed by atoms with E-state index in [4.69, 9.17) is 10.5 Å². The van der Waals surface area contributed by atoms with E-state index in [0.29, 0.717) is 13.1 Å². The van der Waals surface area contributed by atoms with Crippen LogP contribution in [-0.4, -0.2) is 42.9 Å². The van der Waals surface area contributed by atoms with Crippen molar-refractivity contribution in [3.63, 3.8) is 0 Å². The van der Waals surface area contributed by atoms with Gasteiger partial charge in [0, 0.05) is 25.2 Å². The lowest BCUT2D eigenvalue weighted by Crippen LogP contribution is -2.45. The molecule has 2 heterocycles. The smallest absolute Gasteiger partial charge is 0.271 e. The molecule has 8 nitrogen and oxygen atoms in total. The van der Waals surface area contributed by atoms with Gasteiger partial charge in [0.05, 0.1) is 22.8 Å². The molecule has 2 aliphatic rings. The van der Waals surface area contributed by atoms with Crippen molar-refractivity contribution in [2.75, 3.05) is 18.8 Å². The van der Waals surface area contributed by atoms with Gasteiger partial charge >= 0.3 is 0 Å². The lowest BCUT2D eigenvalue weighted by atomic mass is 10.2. The highest BCUT2D eigenvalue weighted by Crippen LogP contribution is 2.32. The molecule has 1 aromatic carbocycles. The third kappa shape index (κ3) is 2.47. The van der Waals surface area contributed by atoms with Gasteiger partial charge in [-0.3, -0.25) is 10.1 Å². The Morgan fingerprint density at radius 2 is 1.90 bits per heavy atom. The molecule has 2 N–H and O–H groups in total. The molecular weight excluding hydrogens is 298 g/mol. The van der Waals surface area contributed by atoms with Crippen LogP contribution in [0.25, 0.3) is 0 Å². The Balaban J connectivity index is 1.93. The Hall–Kier alpha value is -1.71. The highest BCUT2D eigenvalue weighted by Gasteiger charge is 2.40. The number of non-ortho nitro benzene ring substituents is 1. The summed E-state index contributed by atoms with van der Waals surface area (Å²) in [5.74, 6) is 0. The number of morpholine rings is 1. The van der Waals surface area contributed by atoms with Gasteiger partial charge < -0.3 is 10.5 Å². The van der Waals surface area contributed by atoms with Crippen molar-refractivity contribution in [2.45, 2.75) is 29.9 Å². The normalized spacial score (nSPS) is 25.9. The van der Waals surface area contributed by atoms with E-state index in [-0.39, 0.29) is 28.5 Å². The van der Waals surface area contributed by atoms with Crippen LogP contribution in [0.4, 0.5) is 11.4 Å². The summed E-state index contributed by atoms with van der Waals surface area (Å²) in [6.07, 6.45) is 1.56. The molecule has 0 amide bonds. The zero-order valence-electron chi connectivity index (χ0n) is 11.1. The molecule has 21 heavy (non-hydrogen) atoms. The fourth-order valence-electron chi connectivity index (χ4n) is 2.80. The zero-order valence-corrected chi connectivity index (χ0v) is 12.0. The van der Waals surface area contributed by atoms with Gasteiger partial charge in [-0.2, -0.15) is 4.31 Å². The molecule has 0 aromatic heterocycles. The maximum atomic E-state index is 12.6. The molecule has 2 aliphatic heterocycles. The summed E-state index contributed by atoms with van der Waals surface area (Å²) in [6, 6.07) is 3.42. The summed E-state index contributed by atoms with van der Waals surface area (Å²) in [6.45, 7) is 0.602. The molecule has 9 heteroatoms. The van der Waals surface area contributed by atoms with Crippen LogP contribution in [-0.2, 0) is 14.8 Å². The van der Waals surface area contributed by atoms with E-state index in [9.17, 15) is 18.5 Å².